The van der Waals surface area contributed by atoms with Gasteiger partial charge < -0.3 is 14.5 Å². The zero-order valence-corrected chi connectivity index (χ0v) is 16.5. The molecule has 0 spiro atoms. The van der Waals surface area contributed by atoms with Crippen LogP contribution in [0.15, 0.2) is 36.5 Å². The van der Waals surface area contributed by atoms with Gasteiger partial charge in [0.15, 0.2) is 0 Å². The highest BCUT2D eigenvalue weighted by atomic mass is 19.1. The van der Waals surface area contributed by atoms with E-state index in [4.69, 9.17) is 4.74 Å². The first-order chi connectivity index (χ1) is 14.2. The molecule has 7 nitrogen and oxygen atoms in total. The quantitative estimate of drug-likeness (QED) is 0.678. The average Bonchev–Trinajstić information content (AvgIpc) is 3.09. The highest BCUT2D eigenvalue weighted by molar-refractivity contribution is 5.59. The summed E-state index contributed by atoms with van der Waals surface area (Å²) in [5.74, 6) is 2.09. The molecule has 1 saturated heterocycles. The molecule has 2 aliphatic rings. The van der Waals surface area contributed by atoms with Gasteiger partial charge in [-0.15, -0.1) is 10.2 Å². The van der Waals surface area contributed by atoms with Crippen molar-refractivity contribution in [1.82, 2.24) is 19.7 Å². The topological polar surface area (TPSA) is 59.3 Å². The maximum absolute atomic E-state index is 14.2. The predicted octanol–water partition coefficient (Wildman–Crippen LogP) is 2.76. The molecule has 0 N–H and O–H groups in total. The lowest BCUT2D eigenvalue weighted by molar-refractivity contribution is 0.397. The molecule has 4 heterocycles. The molecule has 1 aromatic carbocycles. The highest BCUT2D eigenvalue weighted by Crippen LogP contribution is 2.34. The van der Waals surface area contributed by atoms with E-state index in [1.165, 1.54) is 0 Å². The molecule has 1 fully saturated rings. The van der Waals surface area contributed by atoms with Gasteiger partial charge >= 0.3 is 0 Å². The van der Waals surface area contributed by atoms with E-state index >= 15 is 0 Å². The minimum Gasteiger partial charge on any atom is -0.481 e. The third-order valence-corrected chi connectivity index (χ3v) is 5.81. The zero-order valence-electron chi connectivity index (χ0n) is 16.5. The van der Waals surface area contributed by atoms with Crippen LogP contribution in [0.5, 0.6) is 5.88 Å². The Balaban J connectivity index is 1.37. The Bertz CT molecular complexity index is 1030. The first-order valence-electron chi connectivity index (χ1n) is 9.87. The van der Waals surface area contributed by atoms with Gasteiger partial charge in [-0.1, -0.05) is 6.07 Å². The van der Waals surface area contributed by atoms with Crippen LogP contribution in [-0.2, 0) is 6.42 Å². The average molecular weight is 394 g/mol. The maximum atomic E-state index is 14.2. The number of fused-ring (bicyclic) bond motifs is 1. The number of pyridine rings is 1. The van der Waals surface area contributed by atoms with E-state index in [0.29, 0.717) is 11.9 Å². The normalized spacial score (nSPS) is 16.5. The van der Waals surface area contributed by atoms with Crippen molar-refractivity contribution in [2.24, 2.45) is 0 Å². The number of halogens is 1. The van der Waals surface area contributed by atoms with E-state index in [1.807, 2.05) is 29.7 Å². The molecule has 2 aliphatic heterocycles. The van der Waals surface area contributed by atoms with Crippen LogP contribution in [0, 0.1) is 12.7 Å². The van der Waals surface area contributed by atoms with Crippen molar-refractivity contribution in [1.29, 1.82) is 0 Å². The van der Waals surface area contributed by atoms with Crippen molar-refractivity contribution < 1.29 is 9.13 Å². The number of ether oxygens (including phenoxy) is 1. The summed E-state index contributed by atoms with van der Waals surface area (Å²) in [4.78, 5) is 8.86. The minimum absolute atomic E-state index is 0.0919. The van der Waals surface area contributed by atoms with Crippen molar-refractivity contribution in [3.63, 3.8) is 0 Å². The summed E-state index contributed by atoms with van der Waals surface area (Å²) in [6.07, 6.45) is 3.56. The van der Waals surface area contributed by atoms with Crippen LogP contribution in [-0.4, -0.2) is 52.5 Å². The molecule has 150 valence electrons. The molecular formula is C21H23FN6O. The molecule has 0 unspecified atom stereocenters. The van der Waals surface area contributed by atoms with Crippen molar-refractivity contribution >= 4 is 11.6 Å². The van der Waals surface area contributed by atoms with E-state index in [2.05, 4.69) is 25.0 Å². The van der Waals surface area contributed by atoms with Crippen molar-refractivity contribution in [3.8, 4) is 11.6 Å². The summed E-state index contributed by atoms with van der Waals surface area (Å²) in [5, 5.41) is 8.67. The second kappa shape index (κ2) is 7.02. The molecule has 29 heavy (non-hydrogen) atoms. The van der Waals surface area contributed by atoms with Gasteiger partial charge in [0.1, 0.15) is 11.6 Å². The van der Waals surface area contributed by atoms with Gasteiger partial charge in [-0.25, -0.2) is 9.37 Å². The van der Waals surface area contributed by atoms with Crippen LogP contribution in [0.1, 0.15) is 17.8 Å². The Kier molecular flexibility index (Phi) is 4.34. The number of aromatic nitrogens is 4. The third kappa shape index (κ3) is 2.99. The number of benzene rings is 1. The number of nitrogens with zero attached hydrogens (tertiary/aromatic N) is 6. The fourth-order valence-electron chi connectivity index (χ4n) is 4.29. The monoisotopic (exact) mass is 394 g/mol. The van der Waals surface area contributed by atoms with Crippen molar-refractivity contribution in [3.05, 3.63) is 53.7 Å². The number of hydrogen-bond donors (Lipinski definition) is 0. The number of aryl methyl sites for hydroxylation is 1. The Labute approximate surface area is 168 Å². The highest BCUT2D eigenvalue weighted by Gasteiger charge is 2.37. The lowest BCUT2D eigenvalue weighted by atomic mass is 9.97. The van der Waals surface area contributed by atoms with Crippen LogP contribution in [0.25, 0.3) is 5.69 Å². The molecule has 2 aromatic heterocycles. The number of anilines is 2. The number of rotatable bonds is 4. The summed E-state index contributed by atoms with van der Waals surface area (Å²) < 4.78 is 21.4. The molecule has 0 aliphatic carbocycles. The first kappa shape index (κ1) is 17.9. The second-order valence-electron chi connectivity index (χ2n) is 7.53. The lowest BCUT2D eigenvalue weighted by Crippen LogP contribution is -2.61. The Morgan fingerprint density at radius 3 is 2.76 bits per heavy atom. The summed E-state index contributed by atoms with van der Waals surface area (Å²) >= 11 is 0. The maximum Gasteiger partial charge on any atom is 0.232 e. The van der Waals surface area contributed by atoms with E-state index in [1.54, 1.807) is 25.4 Å². The van der Waals surface area contributed by atoms with Crippen molar-refractivity contribution in [2.45, 2.75) is 25.8 Å². The van der Waals surface area contributed by atoms with Gasteiger partial charge in [0.25, 0.3) is 0 Å². The smallest absolute Gasteiger partial charge is 0.232 e. The lowest BCUT2D eigenvalue weighted by Gasteiger charge is -2.48. The van der Waals surface area contributed by atoms with Gasteiger partial charge in [-0.2, -0.15) is 0 Å². The zero-order chi connectivity index (χ0) is 20.0. The molecule has 8 heteroatoms. The van der Waals surface area contributed by atoms with Crippen LogP contribution in [0.4, 0.5) is 16.0 Å². The Morgan fingerprint density at radius 2 is 2.00 bits per heavy atom. The van der Waals surface area contributed by atoms with E-state index in [9.17, 15) is 4.39 Å². The van der Waals surface area contributed by atoms with Gasteiger partial charge in [-0.3, -0.25) is 4.57 Å². The van der Waals surface area contributed by atoms with Crippen molar-refractivity contribution in [2.75, 3.05) is 36.5 Å². The molecule has 0 radical (unpaired) electrons. The second-order valence-corrected chi connectivity index (χ2v) is 7.53. The Morgan fingerprint density at radius 1 is 1.14 bits per heavy atom. The Hall–Kier alpha value is -3.16. The summed E-state index contributed by atoms with van der Waals surface area (Å²) in [5.41, 5.74) is 2.79. The SMILES string of the molecule is COc1ccc(-n2c(C)nnc2N2CC(N3CCCc4c(F)cccc43)C2)cn1. The number of methoxy groups -OCH3 is 1. The fourth-order valence-corrected chi connectivity index (χ4v) is 4.29. The molecule has 0 saturated carbocycles. The summed E-state index contributed by atoms with van der Waals surface area (Å²) in [6.45, 7) is 4.56. The standard InChI is InChI=1S/C21H23FN6O/c1-14-24-25-21(28(14)15-8-9-20(29-2)23-11-15)26-12-16(13-26)27-10-4-5-17-18(22)6-3-7-19(17)27/h3,6-9,11,16H,4-5,10,12-13H2,1-2H3. The largest absolute Gasteiger partial charge is 0.481 e. The predicted molar refractivity (Wildman–Crippen MR) is 109 cm³/mol. The fraction of sp³-hybridized carbons (Fsp3) is 0.381. The summed E-state index contributed by atoms with van der Waals surface area (Å²) in [6, 6.07) is 9.53. The van der Waals surface area contributed by atoms with Gasteiger partial charge in [0.05, 0.1) is 25.0 Å². The number of hydrogen-bond acceptors (Lipinski definition) is 6. The van der Waals surface area contributed by atoms with Crippen LogP contribution >= 0.6 is 0 Å². The van der Waals surface area contributed by atoms with Gasteiger partial charge in [-0.05, 0) is 38.0 Å². The summed E-state index contributed by atoms with van der Waals surface area (Å²) in [7, 11) is 1.60. The van der Waals surface area contributed by atoms with Gasteiger partial charge in [0.2, 0.25) is 11.8 Å². The van der Waals surface area contributed by atoms with E-state index in [0.717, 1.165) is 61.2 Å². The van der Waals surface area contributed by atoms with Crippen LogP contribution in [0.2, 0.25) is 0 Å². The molecule has 0 amide bonds. The van der Waals surface area contributed by atoms with Gasteiger partial charge in [0, 0.05) is 37.0 Å². The first-order valence-corrected chi connectivity index (χ1v) is 9.87. The molecular weight excluding hydrogens is 371 g/mol. The molecule has 3 aromatic rings. The molecule has 5 rings (SSSR count). The molecule has 0 atom stereocenters. The van der Waals surface area contributed by atoms with E-state index < -0.39 is 0 Å². The van der Waals surface area contributed by atoms with E-state index in [-0.39, 0.29) is 5.82 Å². The minimum atomic E-state index is -0.0919. The third-order valence-electron chi connectivity index (χ3n) is 5.81. The van der Waals surface area contributed by atoms with Crippen LogP contribution < -0.4 is 14.5 Å². The van der Waals surface area contributed by atoms with Crippen LogP contribution in [0.3, 0.4) is 0 Å². The molecule has 0 bridgehead atoms.